The van der Waals surface area contributed by atoms with Gasteiger partial charge in [0, 0.05) is 26.2 Å². The Bertz CT molecular complexity index is 606. The van der Waals surface area contributed by atoms with Crippen LogP contribution in [0.4, 0.5) is 4.79 Å². The molecule has 0 bridgehead atoms. The lowest BCUT2D eigenvalue weighted by molar-refractivity contribution is 0.00700. The zero-order valence-corrected chi connectivity index (χ0v) is 16.4. The van der Waals surface area contributed by atoms with Crippen molar-refractivity contribution in [2.75, 3.05) is 37.7 Å². The number of guanidine groups is 1. The van der Waals surface area contributed by atoms with Crippen molar-refractivity contribution in [1.29, 1.82) is 0 Å². The van der Waals surface area contributed by atoms with Crippen molar-refractivity contribution in [1.82, 2.24) is 15.5 Å². The number of hydrogen-bond acceptors (Lipinski definition) is 5. The van der Waals surface area contributed by atoms with Gasteiger partial charge in [0.05, 0.1) is 17.5 Å². The van der Waals surface area contributed by atoms with E-state index in [1.54, 1.807) is 4.90 Å². The van der Waals surface area contributed by atoms with Gasteiger partial charge >= 0.3 is 6.09 Å². The van der Waals surface area contributed by atoms with Gasteiger partial charge < -0.3 is 20.3 Å². The molecule has 0 aliphatic carbocycles. The minimum atomic E-state index is -2.87. The van der Waals surface area contributed by atoms with Gasteiger partial charge in [0.2, 0.25) is 0 Å². The molecule has 2 aliphatic rings. The molecule has 0 aromatic heterocycles. The number of ether oxygens (including phenoxy) is 1. The molecule has 2 aliphatic heterocycles. The normalized spacial score (nSPS) is 23.9. The summed E-state index contributed by atoms with van der Waals surface area (Å²) in [6.45, 7) is 9.87. The first-order valence-corrected chi connectivity index (χ1v) is 10.6. The molecule has 8 nitrogen and oxygen atoms in total. The number of likely N-dealkylation sites (tertiary alicyclic amines) is 1. The quantitative estimate of drug-likeness (QED) is 0.552. The first kappa shape index (κ1) is 19.8. The fourth-order valence-electron chi connectivity index (χ4n) is 2.80. The predicted molar refractivity (Wildman–Crippen MR) is 97.5 cm³/mol. The van der Waals surface area contributed by atoms with Crippen molar-refractivity contribution in [3.05, 3.63) is 0 Å². The van der Waals surface area contributed by atoms with Crippen molar-refractivity contribution < 1.29 is 17.9 Å². The molecule has 2 rings (SSSR count). The van der Waals surface area contributed by atoms with Crippen LogP contribution in [0.1, 0.15) is 34.1 Å². The number of sulfone groups is 1. The van der Waals surface area contributed by atoms with Crippen molar-refractivity contribution in [3.63, 3.8) is 0 Å². The molecule has 1 amide bonds. The van der Waals surface area contributed by atoms with E-state index < -0.39 is 15.4 Å². The van der Waals surface area contributed by atoms with E-state index in [1.807, 2.05) is 27.7 Å². The number of rotatable bonds is 4. The fourth-order valence-corrected chi connectivity index (χ4v) is 4.64. The Morgan fingerprint density at radius 2 is 2.00 bits per heavy atom. The van der Waals surface area contributed by atoms with Crippen LogP contribution in [-0.4, -0.2) is 74.7 Å². The second-order valence-corrected chi connectivity index (χ2v) is 9.94. The molecule has 0 spiro atoms. The predicted octanol–water partition coefficient (Wildman–Crippen LogP) is 0.596. The minimum absolute atomic E-state index is 0.0973. The number of amides is 1. The summed E-state index contributed by atoms with van der Waals surface area (Å²) < 4.78 is 28.4. The third-order valence-electron chi connectivity index (χ3n) is 4.05. The molecular weight excluding hydrogens is 344 g/mol. The van der Waals surface area contributed by atoms with Crippen LogP contribution in [0, 0.1) is 5.92 Å². The van der Waals surface area contributed by atoms with E-state index in [-0.39, 0.29) is 29.6 Å². The van der Waals surface area contributed by atoms with E-state index in [0.29, 0.717) is 32.0 Å². The maximum Gasteiger partial charge on any atom is 0.410 e. The van der Waals surface area contributed by atoms with Crippen LogP contribution in [0.2, 0.25) is 0 Å². The topological polar surface area (TPSA) is 100 Å². The van der Waals surface area contributed by atoms with Crippen LogP contribution < -0.4 is 10.6 Å². The van der Waals surface area contributed by atoms with E-state index in [0.717, 1.165) is 6.54 Å². The number of carbonyl (C=O) groups is 1. The molecule has 0 saturated carbocycles. The lowest BCUT2D eigenvalue weighted by Crippen LogP contribution is -2.63. The van der Waals surface area contributed by atoms with Crippen molar-refractivity contribution >= 4 is 21.9 Å². The van der Waals surface area contributed by atoms with Gasteiger partial charge in [-0.2, -0.15) is 0 Å². The molecule has 1 atom stereocenters. The molecule has 2 N–H and O–H groups in total. The maximum absolute atomic E-state index is 11.9. The molecule has 1 unspecified atom stereocenters. The monoisotopic (exact) mass is 374 g/mol. The van der Waals surface area contributed by atoms with Gasteiger partial charge in [0.15, 0.2) is 15.8 Å². The molecule has 2 fully saturated rings. The van der Waals surface area contributed by atoms with Crippen molar-refractivity contribution in [3.8, 4) is 0 Å². The van der Waals surface area contributed by atoms with Crippen LogP contribution in [0.25, 0.3) is 0 Å². The smallest absolute Gasteiger partial charge is 0.410 e. The zero-order valence-electron chi connectivity index (χ0n) is 15.5. The fraction of sp³-hybridized carbons (Fsp3) is 0.875. The first-order valence-electron chi connectivity index (χ1n) is 8.81. The summed E-state index contributed by atoms with van der Waals surface area (Å²) in [5.74, 6) is 1.26. The van der Waals surface area contributed by atoms with Crippen LogP contribution in [0.3, 0.4) is 0 Å². The van der Waals surface area contributed by atoms with Gasteiger partial charge in [-0.25, -0.2) is 13.2 Å². The molecule has 9 heteroatoms. The molecule has 2 heterocycles. The first-order chi connectivity index (χ1) is 11.6. The Morgan fingerprint density at radius 3 is 2.52 bits per heavy atom. The molecular formula is C16H30N4O4S. The molecule has 0 aromatic rings. The lowest BCUT2D eigenvalue weighted by Gasteiger charge is -2.40. The Hall–Kier alpha value is -1.51. The summed E-state index contributed by atoms with van der Waals surface area (Å²) in [6, 6.07) is 0.123. The largest absolute Gasteiger partial charge is 0.444 e. The van der Waals surface area contributed by atoms with E-state index in [4.69, 9.17) is 4.74 Å². The third kappa shape index (κ3) is 6.37. The van der Waals surface area contributed by atoms with Crippen molar-refractivity contribution in [2.24, 2.45) is 10.9 Å². The number of aliphatic imine (C=N–C) groups is 1. The Labute approximate surface area is 150 Å². The lowest BCUT2D eigenvalue weighted by atomic mass is 10.1. The number of nitrogens with zero attached hydrogens (tertiary/aromatic N) is 2. The van der Waals surface area contributed by atoms with E-state index >= 15 is 0 Å². The van der Waals surface area contributed by atoms with E-state index in [1.165, 1.54) is 0 Å². The standard InChI is InChI=1S/C16H30N4O4S/c1-5-17-14(18-8-12-6-7-25(22,23)11-12)19-13-9-20(10-13)15(21)24-16(2,3)4/h12-13H,5-11H2,1-4H3,(H2,17,18,19). The van der Waals surface area contributed by atoms with Crippen LogP contribution in [0.15, 0.2) is 4.99 Å². The number of carbonyl (C=O) groups excluding carboxylic acids is 1. The maximum atomic E-state index is 11.9. The van der Waals surface area contributed by atoms with Gasteiger partial charge in [-0.1, -0.05) is 0 Å². The van der Waals surface area contributed by atoms with Gasteiger partial charge in [0.25, 0.3) is 0 Å². The SMILES string of the molecule is CCNC(=NCC1CCS(=O)(=O)C1)NC1CN(C(=O)OC(C)(C)C)C1. The average molecular weight is 375 g/mol. The molecule has 25 heavy (non-hydrogen) atoms. The van der Waals surface area contributed by atoms with Gasteiger partial charge in [-0.3, -0.25) is 4.99 Å². The number of hydrogen-bond donors (Lipinski definition) is 2. The Balaban J connectivity index is 1.79. The summed E-state index contributed by atoms with van der Waals surface area (Å²) >= 11 is 0. The summed E-state index contributed by atoms with van der Waals surface area (Å²) in [7, 11) is -2.87. The van der Waals surface area contributed by atoms with Gasteiger partial charge in [-0.15, -0.1) is 0 Å². The second-order valence-electron chi connectivity index (χ2n) is 7.72. The third-order valence-corrected chi connectivity index (χ3v) is 5.89. The summed E-state index contributed by atoms with van der Waals surface area (Å²) in [5, 5.41) is 6.45. The van der Waals surface area contributed by atoms with Crippen LogP contribution in [0.5, 0.6) is 0 Å². The van der Waals surface area contributed by atoms with Gasteiger partial charge in [-0.05, 0) is 40.0 Å². The minimum Gasteiger partial charge on any atom is -0.444 e. The molecule has 0 radical (unpaired) electrons. The second kappa shape index (κ2) is 7.80. The summed E-state index contributed by atoms with van der Waals surface area (Å²) in [6.07, 6.45) is 0.379. The highest BCUT2D eigenvalue weighted by Crippen LogP contribution is 2.18. The number of nitrogens with one attached hydrogen (secondary N) is 2. The van der Waals surface area contributed by atoms with Crippen molar-refractivity contribution in [2.45, 2.75) is 45.8 Å². The molecule has 144 valence electrons. The van der Waals surface area contributed by atoms with E-state index in [9.17, 15) is 13.2 Å². The van der Waals surface area contributed by atoms with Crippen LogP contribution >= 0.6 is 0 Å². The Morgan fingerprint density at radius 1 is 1.32 bits per heavy atom. The highest BCUT2D eigenvalue weighted by molar-refractivity contribution is 7.91. The summed E-state index contributed by atoms with van der Waals surface area (Å²) in [4.78, 5) is 18.1. The summed E-state index contributed by atoms with van der Waals surface area (Å²) in [5.41, 5.74) is -0.492. The highest BCUT2D eigenvalue weighted by atomic mass is 32.2. The molecule has 2 saturated heterocycles. The highest BCUT2D eigenvalue weighted by Gasteiger charge is 2.34. The Kier molecular flexibility index (Phi) is 6.18. The van der Waals surface area contributed by atoms with E-state index in [2.05, 4.69) is 15.6 Å². The van der Waals surface area contributed by atoms with Gasteiger partial charge in [0.1, 0.15) is 5.60 Å². The molecule has 0 aromatic carbocycles. The van der Waals surface area contributed by atoms with Crippen LogP contribution in [-0.2, 0) is 14.6 Å². The average Bonchev–Trinajstić information content (AvgIpc) is 2.76. The zero-order chi connectivity index (χ0) is 18.7.